The van der Waals surface area contributed by atoms with Crippen molar-refractivity contribution in [2.45, 2.75) is 38.5 Å². The minimum atomic E-state index is 0.0298. The van der Waals surface area contributed by atoms with E-state index in [1.165, 1.54) is 42.4 Å². The molecule has 1 unspecified atom stereocenters. The Kier molecular flexibility index (Phi) is 2.54. The highest BCUT2D eigenvalue weighted by Gasteiger charge is 2.11. The number of nitrogens with zero attached hydrogens (tertiary/aromatic N) is 1. The fraction of sp³-hybridized carbons (Fsp3) is 0.462. The second kappa shape index (κ2) is 3.84. The summed E-state index contributed by atoms with van der Waals surface area (Å²) in [6, 6.07) is 8.83. The Balaban J connectivity index is 2.34. The molecule has 0 radical (unpaired) electrons. The largest absolute Gasteiger partial charge is 0.198 e. The molecule has 0 fully saturated rings. The van der Waals surface area contributed by atoms with Crippen molar-refractivity contribution in [1.29, 1.82) is 5.26 Å². The Morgan fingerprint density at radius 3 is 2.64 bits per heavy atom. The van der Waals surface area contributed by atoms with Crippen molar-refractivity contribution in [3.8, 4) is 6.07 Å². The molecule has 1 atom stereocenters. The average molecular weight is 185 g/mol. The van der Waals surface area contributed by atoms with Crippen molar-refractivity contribution in [3.63, 3.8) is 0 Å². The lowest BCUT2D eigenvalue weighted by molar-refractivity contribution is 0.683. The molecule has 2 rings (SSSR count). The van der Waals surface area contributed by atoms with E-state index in [0.29, 0.717) is 0 Å². The van der Waals surface area contributed by atoms with Crippen LogP contribution in [-0.2, 0) is 12.8 Å². The lowest BCUT2D eigenvalue weighted by Gasteiger charge is -2.17. The Morgan fingerprint density at radius 1 is 1.21 bits per heavy atom. The van der Waals surface area contributed by atoms with Crippen LogP contribution >= 0.6 is 0 Å². The van der Waals surface area contributed by atoms with Crippen LogP contribution in [0.5, 0.6) is 0 Å². The lowest BCUT2D eigenvalue weighted by atomic mass is 9.88. The molecule has 1 nitrogen and oxygen atoms in total. The fourth-order valence-corrected chi connectivity index (χ4v) is 2.10. The zero-order valence-electron chi connectivity index (χ0n) is 8.59. The summed E-state index contributed by atoms with van der Waals surface area (Å²) >= 11 is 0. The molecule has 1 aromatic rings. The van der Waals surface area contributed by atoms with Crippen LogP contribution in [0.15, 0.2) is 18.2 Å². The molecule has 0 aromatic heterocycles. The van der Waals surface area contributed by atoms with Crippen LogP contribution in [0.1, 0.15) is 42.4 Å². The number of fused-ring (bicyclic) bond motifs is 1. The maximum atomic E-state index is 8.84. The van der Waals surface area contributed by atoms with Crippen molar-refractivity contribution in [2.24, 2.45) is 0 Å². The third kappa shape index (κ3) is 1.65. The Morgan fingerprint density at radius 2 is 1.93 bits per heavy atom. The van der Waals surface area contributed by atoms with Crippen LogP contribution in [0.3, 0.4) is 0 Å². The Labute approximate surface area is 85.4 Å². The van der Waals surface area contributed by atoms with E-state index in [-0.39, 0.29) is 5.92 Å². The molecule has 0 amide bonds. The number of nitriles is 1. The van der Waals surface area contributed by atoms with E-state index in [1.807, 2.05) is 6.92 Å². The molecule has 1 heteroatoms. The third-order valence-corrected chi connectivity index (χ3v) is 3.07. The summed E-state index contributed by atoms with van der Waals surface area (Å²) in [5, 5.41) is 8.84. The summed E-state index contributed by atoms with van der Waals surface area (Å²) in [6.07, 6.45) is 5.04. The molecule has 14 heavy (non-hydrogen) atoms. The number of aryl methyl sites for hydroxylation is 2. The van der Waals surface area contributed by atoms with Gasteiger partial charge in [0.25, 0.3) is 0 Å². The van der Waals surface area contributed by atoms with Gasteiger partial charge in [-0.3, -0.25) is 0 Å². The highest BCUT2D eigenvalue weighted by molar-refractivity contribution is 5.36. The summed E-state index contributed by atoms with van der Waals surface area (Å²) < 4.78 is 0. The molecule has 1 aliphatic rings. The van der Waals surface area contributed by atoms with E-state index in [2.05, 4.69) is 24.3 Å². The molecule has 0 bridgehead atoms. The molecule has 0 spiro atoms. The monoisotopic (exact) mass is 185 g/mol. The van der Waals surface area contributed by atoms with E-state index in [0.717, 1.165) is 0 Å². The van der Waals surface area contributed by atoms with Gasteiger partial charge in [0.15, 0.2) is 0 Å². The standard InChI is InChI=1S/C13H15N/c1-10(9-14)12-7-6-11-4-2-3-5-13(11)8-12/h6-8,10H,2-5H2,1H3. The number of hydrogen-bond acceptors (Lipinski definition) is 1. The molecule has 0 N–H and O–H groups in total. The van der Waals surface area contributed by atoms with E-state index >= 15 is 0 Å². The van der Waals surface area contributed by atoms with Crippen LogP contribution in [0.4, 0.5) is 0 Å². The number of benzene rings is 1. The van der Waals surface area contributed by atoms with Gasteiger partial charge in [-0.05, 0) is 49.3 Å². The number of hydrogen-bond donors (Lipinski definition) is 0. The van der Waals surface area contributed by atoms with Gasteiger partial charge < -0.3 is 0 Å². The molecular weight excluding hydrogens is 170 g/mol. The molecular formula is C13H15N. The van der Waals surface area contributed by atoms with Gasteiger partial charge in [-0.15, -0.1) is 0 Å². The van der Waals surface area contributed by atoms with Gasteiger partial charge in [0.1, 0.15) is 0 Å². The van der Waals surface area contributed by atoms with Crippen molar-refractivity contribution in [3.05, 3.63) is 34.9 Å². The molecule has 0 saturated carbocycles. The maximum Gasteiger partial charge on any atom is 0.0700 e. The van der Waals surface area contributed by atoms with Gasteiger partial charge in [-0.25, -0.2) is 0 Å². The smallest absolute Gasteiger partial charge is 0.0700 e. The topological polar surface area (TPSA) is 23.8 Å². The first-order valence-corrected chi connectivity index (χ1v) is 5.32. The minimum Gasteiger partial charge on any atom is -0.198 e. The first-order chi connectivity index (χ1) is 6.81. The van der Waals surface area contributed by atoms with Crippen LogP contribution in [0.25, 0.3) is 0 Å². The van der Waals surface area contributed by atoms with Crippen LogP contribution in [0.2, 0.25) is 0 Å². The normalized spacial score (nSPS) is 16.9. The van der Waals surface area contributed by atoms with Crippen molar-refractivity contribution >= 4 is 0 Å². The van der Waals surface area contributed by atoms with Crippen LogP contribution in [0, 0.1) is 11.3 Å². The first-order valence-electron chi connectivity index (χ1n) is 5.32. The zero-order valence-corrected chi connectivity index (χ0v) is 8.59. The van der Waals surface area contributed by atoms with Crippen molar-refractivity contribution in [1.82, 2.24) is 0 Å². The Hall–Kier alpha value is -1.29. The van der Waals surface area contributed by atoms with E-state index in [4.69, 9.17) is 5.26 Å². The fourth-order valence-electron chi connectivity index (χ4n) is 2.10. The second-order valence-corrected chi connectivity index (χ2v) is 4.09. The zero-order chi connectivity index (χ0) is 9.97. The van der Waals surface area contributed by atoms with Crippen LogP contribution in [-0.4, -0.2) is 0 Å². The molecule has 72 valence electrons. The summed E-state index contributed by atoms with van der Waals surface area (Å²) in [4.78, 5) is 0. The highest BCUT2D eigenvalue weighted by Crippen LogP contribution is 2.25. The highest BCUT2D eigenvalue weighted by atomic mass is 14.3. The second-order valence-electron chi connectivity index (χ2n) is 4.09. The summed E-state index contributed by atoms with van der Waals surface area (Å²) in [7, 11) is 0. The molecule has 0 heterocycles. The third-order valence-electron chi connectivity index (χ3n) is 3.07. The predicted octanol–water partition coefficient (Wildman–Crippen LogP) is 3.19. The summed E-state index contributed by atoms with van der Waals surface area (Å²) in [5.41, 5.74) is 4.13. The molecule has 0 aliphatic heterocycles. The van der Waals surface area contributed by atoms with Crippen molar-refractivity contribution < 1.29 is 0 Å². The van der Waals surface area contributed by atoms with E-state index < -0.39 is 0 Å². The Bertz CT molecular complexity index is 373. The van der Waals surface area contributed by atoms with E-state index in [9.17, 15) is 0 Å². The van der Waals surface area contributed by atoms with Gasteiger partial charge in [0.05, 0.1) is 12.0 Å². The van der Waals surface area contributed by atoms with Crippen LogP contribution < -0.4 is 0 Å². The van der Waals surface area contributed by atoms with Gasteiger partial charge in [0.2, 0.25) is 0 Å². The summed E-state index contributed by atoms with van der Waals surface area (Å²) in [6.45, 7) is 1.96. The van der Waals surface area contributed by atoms with Crippen molar-refractivity contribution in [2.75, 3.05) is 0 Å². The summed E-state index contributed by atoms with van der Waals surface area (Å²) in [5.74, 6) is 0.0298. The van der Waals surface area contributed by atoms with Gasteiger partial charge in [0, 0.05) is 0 Å². The molecule has 1 aliphatic carbocycles. The quantitative estimate of drug-likeness (QED) is 0.659. The predicted molar refractivity (Wildman–Crippen MR) is 57.1 cm³/mol. The molecule has 0 saturated heterocycles. The molecule has 1 aromatic carbocycles. The van der Waals surface area contributed by atoms with E-state index in [1.54, 1.807) is 0 Å². The number of rotatable bonds is 1. The first kappa shape index (κ1) is 9.27. The average Bonchev–Trinajstić information content (AvgIpc) is 2.27. The minimum absolute atomic E-state index is 0.0298. The van der Waals surface area contributed by atoms with Gasteiger partial charge in [-0.2, -0.15) is 5.26 Å². The maximum absolute atomic E-state index is 8.84. The SMILES string of the molecule is CC(C#N)c1ccc2c(c1)CCCC2. The van der Waals surface area contributed by atoms with Gasteiger partial charge in [-0.1, -0.05) is 18.2 Å². The lowest BCUT2D eigenvalue weighted by Crippen LogP contribution is -2.03. The van der Waals surface area contributed by atoms with Gasteiger partial charge >= 0.3 is 0 Å².